The normalized spacial score (nSPS) is 41.5. The van der Waals surface area contributed by atoms with Crippen LogP contribution in [0.2, 0.25) is 0 Å². The number of methoxy groups -OCH3 is 1. The Bertz CT molecular complexity index is 1930. The number of hydrogen-bond acceptors (Lipinski definition) is 16. The minimum absolute atomic E-state index is 0.000837. The molecule has 3 aliphatic heterocycles. The van der Waals surface area contributed by atoms with Gasteiger partial charge < -0.3 is 64.2 Å². The molecule has 1 amide bonds. The predicted octanol–water partition coefficient (Wildman–Crippen LogP) is 2.67. The maximum atomic E-state index is 14.7. The van der Waals surface area contributed by atoms with Crippen LogP contribution in [0.3, 0.4) is 0 Å². The van der Waals surface area contributed by atoms with E-state index < -0.39 is 108 Å². The lowest BCUT2D eigenvalue weighted by molar-refractivity contribution is -0.318. The van der Waals surface area contributed by atoms with Crippen molar-refractivity contribution in [2.75, 3.05) is 27.7 Å². The highest BCUT2D eigenvalue weighted by Gasteiger charge is 2.53. The number of nitrogens with one attached hydrogen (secondary N) is 1. The van der Waals surface area contributed by atoms with Crippen LogP contribution in [-0.4, -0.2) is 165 Å². The number of carbonyl (C=O) groups is 3. The van der Waals surface area contributed by atoms with Gasteiger partial charge in [0.25, 0.3) is 0 Å². The number of nitrogens with zero attached hydrogens (tertiary/aromatic N) is 2. The summed E-state index contributed by atoms with van der Waals surface area (Å²) in [4.78, 5) is 48.4. The highest BCUT2D eigenvalue weighted by Crippen LogP contribution is 2.41. The van der Waals surface area contributed by atoms with Gasteiger partial charge in [-0.2, -0.15) is 0 Å². The number of esters is 1. The Morgan fingerprint density at radius 1 is 0.923 bits per heavy atom. The van der Waals surface area contributed by atoms with Gasteiger partial charge in [-0.3, -0.25) is 19.4 Å². The number of likely N-dealkylation sites (N-methyl/N-ethyl adjacent to an activating group) is 1. The fourth-order valence-corrected chi connectivity index (χ4v) is 10.2. The molecule has 6 N–H and O–H groups in total. The Labute approximate surface area is 383 Å². The number of aliphatic hydroxyl groups excluding tert-OH is 3. The fraction of sp³-hybridized carbons (Fsp3) is 0.750. The third-order valence-corrected chi connectivity index (χ3v) is 14.3. The summed E-state index contributed by atoms with van der Waals surface area (Å²) in [6, 6.07) is 7.19. The van der Waals surface area contributed by atoms with Crippen molar-refractivity contribution in [3.8, 4) is 0 Å². The molecule has 17 nitrogen and oxygen atoms in total. The quantitative estimate of drug-likeness (QED) is 0.178. The van der Waals surface area contributed by atoms with Gasteiger partial charge in [-0.25, -0.2) is 0 Å². The number of fused-ring (bicyclic) bond motifs is 1. The van der Waals surface area contributed by atoms with Gasteiger partial charge >= 0.3 is 5.97 Å². The fourth-order valence-electron chi connectivity index (χ4n) is 10.2. The molecule has 2 aromatic rings. The molecule has 0 aliphatic carbocycles. The van der Waals surface area contributed by atoms with Gasteiger partial charge in [0.15, 0.2) is 12.6 Å². The second-order valence-electron chi connectivity index (χ2n) is 19.9. The Morgan fingerprint density at radius 2 is 1.60 bits per heavy atom. The van der Waals surface area contributed by atoms with E-state index in [1.807, 2.05) is 50.2 Å². The van der Waals surface area contributed by atoms with E-state index in [1.54, 1.807) is 47.0 Å². The van der Waals surface area contributed by atoms with Gasteiger partial charge in [-0.1, -0.05) is 45.0 Å². The Hall–Kier alpha value is -3.20. The summed E-state index contributed by atoms with van der Waals surface area (Å²) in [5.74, 6) is -5.96. The first-order chi connectivity index (χ1) is 30.3. The van der Waals surface area contributed by atoms with E-state index >= 15 is 0 Å². The summed E-state index contributed by atoms with van der Waals surface area (Å²) < 4.78 is 37.7. The summed E-state index contributed by atoms with van der Waals surface area (Å²) >= 11 is 0. The largest absolute Gasteiger partial charge is 0.459 e. The van der Waals surface area contributed by atoms with Crippen molar-refractivity contribution in [3.05, 3.63) is 42.2 Å². The molecule has 0 unspecified atom stereocenters. The lowest BCUT2D eigenvalue weighted by Crippen LogP contribution is -2.61. The Balaban J connectivity index is 1.52. The molecular formula is C48H75N3O14. The first-order valence-corrected chi connectivity index (χ1v) is 23.0. The maximum absolute atomic E-state index is 14.7. The van der Waals surface area contributed by atoms with Crippen LogP contribution in [0.15, 0.2) is 36.7 Å². The van der Waals surface area contributed by atoms with E-state index in [9.17, 15) is 39.9 Å². The monoisotopic (exact) mass is 918 g/mol. The lowest BCUT2D eigenvalue weighted by atomic mass is 9.74. The Morgan fingerprint density at radius 3 is 2.26 bits per heavy atom. The summed E-state index contributed by atoms with van der Waals surface area (Å²) in [6.45, 7) is 14.3. The standard InChI is InChI=1S/C48H75N3O14/c1-25-21-46(7,58)43(65-45-39(54)34(51(10)11)19-26(2)61-45)28(4)40(64-37-22-47(8,60-12)42(56)30(6)62-37)29(5)44(57)63-35(48(9,59)41(55)27(3)38(25)53)17-18-50-36(52)20-32-24-49-23-31-15-13-14-16-33(31)32/h13-16,23-30,34-35,37,39-43,45,54-56,58-59H,17-22H2,1-12H3,(H,50,52)/t25-,26-,27+,28+,29-,30+,34+,35-,37+,39-,40+,41-,42+,43-,45-,46-,47-,48-/m1/s1. The SMILES string of the molecule is CO[C@]1(C)C[C@H](O[C@H]2[C@H](C)[C@@H](O[C@H]3O[C@H](C)C[C@H](N(C)C)[C@H]3O)[C@](C)(O)C[C@@H](C)C(=O)[C@H](C)[C@@H](O)[C@](C)(O)[C@@H](CCNC(=O)Cc3cncc4ccccc34)OC(=O)[C@@H]2C)O[C@@H](C)[C@@H]1O. The maximum Gasteiger partial charge on any atom is 0.311 e. The van der Waals surface area contributed by atoms with Gasteiger partial charge in [0, 0.05) is 68.1 Å². The van der Waals surface area contributed by atoms with E-state index in [0.29, 0.717) is 12.0 Å². The molecule has 3 saturated heterocycles. The lowest BCUT2D eigenvalue weighted by Gasteiger charge is -2.49. The molecule has 1 aromatic carbocycles. The highest BCUT2D eigenvalue weighted by molar-refractivity contribution is 5.89. The third-order valence-electron chi connectivity index (χ3n) is 14.3. The molecule has 3 fully saturated rings. The molecule has 5 rings (SSSR count). The predicted molar refractivity (Wildman–Crippen MR) is 239 cm³/mol. The topological polar surface area (TPSA) is 236 Å². The molecule has 1 aromatic heterocycles. The molecule has 366 valence electrons. The van der Waals surface area contributed by atoms with Gasteiger partial charge in [0.05, 0.1) is 54.1 Å². The van der Waals surface area contributed by atoms with Crippen LogP contribution in [0.4, 0.5) is 0 Å². The summed E-state index contributed by atoms with van der Waals surface area (Å²) in [6.07, 6.45) is -7.78. The zero-order chi connectivity index (χ0) is 48.3. The van der Waals surface area contributed by atoms with E-state index in [2.05, 4.69) is 10.3 Å². The molecule has 4 heterocycles. The van der Waals surface area contributed by atoms with Crippen molar-refractivity contribution in [2.24, 2.45) is 23.7 Å². The molecule has 0 bridgehead atoms. The second-order valence-corrected chi connectivity index (χ2v) is 19.9. The molecule has 65 heavy (non-hydrogen) atoms. The first kappa shape index (κ1) is 52.8. The molecule has 0 radical (unpaired) electrons. The number of aromatic nitrogens is 1. The van der Waals surface area contributed by atoms with Crippen molar-refractivity contribution >= 4 is 28.4 Å². The highest BCUT2D eigenvalue weighted by atomic mass is 16.7. The van der Waals surface area contributed by atoms with Crippen LogP contribution in [0, 0.1) is 23.7 Å². The molecule has 0 saturated carbocycles. The molecule has 0 spiro atoms. The number of hydrogen-bond donors (Lipinski definition) is 6. The van der Waals surface area contributed by atoms with Gasteiger partial charge in [-0.15, -0.1) is 0 Å². The van der Waals surface area contributed by atoms with Crippen molar-refractivity contribution < 1.29 is 68.3 Å². The number of benzene rings is 1. The second kappa shape index (κ2) is 21.4. The zero-order valence-corrected chi connectivity index (χ0v) is 40.2. The number of ketones is 1. The van der Waals surface area contributed by atoms with Gasteiger partial charge in [-0.05, 0) is 79.4 Å². The number of Topliss-reactive ketones (excluding diaryl/α,β-unsaturated/α-hetero) is 1. The number of pyridine rings is 1. The average Bonchev–Trinajstić information content (AvgIpc) is 3.25. The molecule has 17 heteroatoms. The number of cyclic esters (lactones) is 1. The van der Waals surface area contributed by atoms with E-state index in [0.717, 1.165) is 10.8 Å². The third kappa shape index (κ3) is 11.9. The van der Waals surface area contributed by atoms with E-state index in [-0.39, 0.29) is 50.3 Å². The van der Waals surface area contributed by atoms with E-state index in [4.69, 9.17) is 28.4 Å². The summed E-state index contributed by atoms with van der Waals surface area (Å²) in [5.41, 5.74) is -4.50. The van der Waals surface area contributed by atoms with Crippen molar-refractivity contribution in [3.63, 3.8) is 0 Å². The molecule has 18 atom stereocenters. The Kier molecular flexibility index (Phi) is 17.4. The zero-order valence-electron chi connectivity index (χ0n) is 40.2. The van der Waals surface area contributed by atoms with Gasteiger partial charge in [0.1, 0.15) is 29.7 Å². The van der Waals surface area contributed by atoms with Crippen LogP contribution < -0.4 is 5.32 Å². The van der Waals surface area contributed by atoms with Crippen LogP contribution >= 0.6 is 0 Å². The van der Waals surface area contributed by atoms with Crippen molar-refractivity contribution in [2.45, 2.75) is 179 Å². The van der Waals surface area contributed by atoms with Crippen molar-refractivity contribution in [1.82, 2.24) is 15.2 Å². The molecule has 3 aliphatic rings. The number of rotatable bonds is 11. The number of carbonyl (C=O) groups excluding carboxylic acids is 3. The minimum Gasteiger partial charge on any atom is -0.459 e. The average molecular weight is 918 g/mol. The smallest absolute Gasteiger partial charge is 0.311 e. The van der Waals surface area contributed by atoms with E-state index in [1.165, 1.54) is 27.9 Å². The molecular weight excluding hydrogens is 843 g/mol. The number of aliphatic hydroxyl groups is 5. The number of ether oxygens (including phenoxy) is 6. The van der Waals surface area contributed by atoms with Crippen LogP contribution in [0.1, 0.15) is 93.6 Å². The first-order valence-electron chi connectivity index (χ1n) is 23.0. The number of amides is 1. The minimum atomic E-state index is -2.22. The van der Waals surface area contributed by atoms with Crippen molar-refractivity contribution in [1.29, 1.82) is 0 Å². The van der Waals surface area contributed by atoms with Gasteiger partial charge in [0.2, 0.25) is 5.91 Å². The summed E-state index contributed by atoms with van der Waals surface area (Å²) in [7, 11) is 5.14. The summed E-state index contributed by atoms with van der Waals surface area (Å²) in [5, 5.41) is 63.8. The van der Waals surface area contributed by atoms with Crippen LogP contribution in [0.5, 0.6) is 0 Å². The van der Waals surface area contributed by atoms with Crippen LogP contribution in [-0.2, 0) is 49.2 Å². The van der Waals surface area contributed by atoms with Crippen LogP contribution in [0.25, 0.3) is 10.8 Å².